The van der Waals surface area contributed by atoms with Crippen molar-refractivity contribution >= 4 is 23.9 Å². The van der Waals surface area contributed by atoms with Gasteiger partial charge in [-0.05, 0) is 104 Å². The molecule has 6 rings (SSSR count). The van der Waals surface area contributed by atoms with Gasteiger partial charge in [-0.25, -0.2) is 19.2 Å². The Labute approximate surface area is 295 Å². The molecule has 2 heterocycles. The zero-order valence-electron chi connectivity index (χ0n) is 31.2. The predicted octanol–water partition coefficient (Wildman–Crippen LogP) is 5.60. The molecule has 2 unspecified atom stereocenters. The molecule has 274 valence electrons. The van der Waals surface area contributed by atoms with Crippen molar-refractivity contribution in [3.63, 3.8) is 0 Å². The van der Waals surface area contributed by atoms with Crippen LogP contribution in [0, 0.1) is 34.5 Å². The van der Waals surface area contributed by atoms with Gasteiger partial charge in [-0.3, -0.25) is 0 Å². The van der Waals surface area contributed by atoms with Crippen LogP contribution in [0.2, 0.25) is 0 Å². The lowest BCUT2D eigenvalue weighted by Crippen LogP contribution is -2.72. The number of aliphatic hydroxyl groups is 2. The lowest BCUT2D eigenvalue weighted by Gasteiger charge is -2.65. The molecule has 10 heteroatoms. The van der Waals surface area contributed by atoms with Crippen LogP contribution in [0.5, 0.6) is 0 Å². The standard InChI is InChI=1S/C40H54O10/c1-11-19(3)33(43)47-31-29-21(5)35(45)49-39(29,17-25-13-15-27(41)23(7)37(25,31)9)40-18-26-14-16-28(42)24(8)38(26,10)32(48-34(44)20(4)12-2)30(40)22(6)36(46)50-40/h11-12,23-28,31-32,41-42H,13-18H2,1-10H3/b19-11-,20-12-/t23-,24-,25+,26+,27-,28-,31+,32+,37+,38+,39?,40?/m0/s1. The third kappa shape index (κ3) is 4.65. The van der Waals surface area contributed by atoms with E-state index in [2.05, 4.69) is 0 Å². The SMILES string of the molecule is C/C=C(/C)C(=O)O[C@@H]1C2=C(C)C(=O)OC2(C23C[C@H]4CC[C@H](O)[C@H](C)[C@@]4(C)[C@H](OC(=O)/C(C)=C\C)C2=C(C)C(=O)O3)C[C@H]2CC[C@H](O)[C@H](C)[C@]21C. The van der Waals surface area contributed by atoms with Gasteiger partial charge in [0.2, 0.25) is 0 Å². The zero-order chi connectivity index (χ0) is 36.9. The first kappa shape index (κ1) is 36.5. The summed E-state index contributed by atoms with van der Waals surface area (Å²) in [4.78, 5) is 55.6. The molecule has 0 aromatic carbocycles. The Bertz CT molecular complexity index is 1530. The second-order valence-corrected chi connectivity index (χ2v) is 16.4. The quantitative estimate of drug-likeness (QED) is 0.212. The Morgan fingerprint density at radius 1 is 0.700 bits per heavy atom. The molecule has 50 heavy (non-hydrogen) atoms. The lowest BCUT2D eigenvalue weighted by atomic mass is 9.43. The van der Waals surface area contributed by atoms with Crippen molar-refractivity contribution in [2.75, 3.05) is 0 Å². The van der Waals surface area contributed by atoms with Gasteiger partial charge in [0, 0.05) is 44.3 Å². The minimum Gasteiger partial charge on any atom is -0.454 e. The highest BCUT2D eigenvalue weighted by Crippen LogP contribution is 2.71. The van der Waals surface area contributed by atoms with Gasteiger partial charge in [-0.15, -0.1) is 0 Å². The molecule has 0 radical (unpaired) electrons. The van der Waals surface area contributed by atoms with Crippen molar-refractivity contribution in [3.05, 3.63) is 45.6 Å². The van der Waals surface area contributed by atoms with E-state index < -0.39 is 70.3 Å². The number of carbonyl (C=O) groups is 4. The Morgan fingerprint density at radius 2 is 1.04 bits per heavy atom. The maximum Gasteiger partial charge on any atom is 0.335 e. The fourth-order valence-electron chi connectivity index (χ4n) is 10.8. The van der Waals surface area contributed by atoms with Crippen LogP contribution in [0.25, 0.3) is 0 Å². The third-order valence-corrected chi connectivity index (χ3v) is 14.7. The molecule has 0 bridgehead atoms. The topological polar surface area (TPSA) is 146 Å². The fraction of sp³-hybridized carbons (Fsp3) is 0.700. The van der Waals surface area contributed by atoms with Gasteiger partial charge in [0.05, 0.1) is 12.2 Å². The molecule has 4 fully saturated rings. The van der Waals surface area contributed by atoms with E-state index >= 15 is 0 Å². The summed E-state index contributed by atoms with van der Waals surface area (Å²) in [6, 6.07) is 0. The van der Waals surface area contributed by atoms with Crippen molar-refractivity contribution in [2.45, 2.75) is 143 Å². The van der Waals surface area contributed by atoms with Gasteiger partial charge in [-0.1, -0.05) is 39.8 Å². The molecule has 10 nitrogen and oxygen atoms in total. The summed E-state index contributed by atoms with van der Waals surface area (Å²) in [6.07, 6.45) is 2.69. The van der Waals surface area contributed by atoms with Crippen molar-refractivity contribution < 1.29 is 48.3 Å². The minimum absolute atomic E-state index is 0.214. The number of carbonyl (C=O) groups excluding carboxylic acids is 4. The van der Waals surface area contributed by atoms with E-state index in [0.717, 1.165) is 0 Å². The van der Waals surface area contributed by atoms with Crippen LogP contribution in [-0.2, 0) is 38.1 Å². The number of ether oxygens (including phenoxy) is 4. The maximum atomic E-state index is 14.1. The number of aliphatic hydroxyl groups excluding tert-OH is 2. The van der Waals surface area contributed by atoms with Gasteiger partial charge in [0.15, 0.2) is 11.2 Å². The lowest BCUT2D eigenvalue weighted by molar-refractivity contribution is -0.242. The van der Waals surface area contributed by atoms with E-state index in [4.69, 9.17) is 18.9 Å². The Hall–Kier alpha value is -3.24. The summed E-state index contributed by atoms with van der Waals surface area (Å²) in [5.74, 6) is -3.33. The first-order chi connectivity index (χ1) is 23.4. The Morgan fingerprint density at radius 3 is 1.36 bits per heavy atom. The minimum atomic E-state index is -1.58. The van der Waals surface area contributed by atoms with Crippen LogP contribution >= 0.6 is 0 Å². The first-order valence-electron chi connectivity index (χ1n) is 18.3. The predicted molar refractivity (Wildman–Crippen MR) is 183 cm³/mol. The van der Waals surface area contributed by atoms with Crippen molar-refractivity contribution in [3.8, 4) is 0 Å². The van der Waals surface area contributed by atoms with Gasteiger partial charge < -0.3 is 29.2 Å². The molecular weight excluding hydrogens is 640 g/mol. The molecular formula is C40H54O10. The van der Waals surface area contributed by atoms with Gasteiger partial charge in [0.1, 0.15) is 12.2 Å². The van der Waals surface area contributed by atoms with Crippen molar-refractivity contribution in [1.82, 2.24) is 0 Å². The van der Waals surface area contributed by atoms with Gasteiger partial charge in [0.25, 0.3) is 0 Å². The molecule has 0 saturated heterocycles. The van der Waals surface area contributed by atoms with E-state index in [1.807, 2.05) is 27.7 Å². The average Bonchev–Trinajstić information content (AvgIpc) is 3.50. The highest BCUT2D eigenvalue weighted by Gasteiger charge is 2.79. The molecule has 4 saturated carbocycles. The Kier molecular flexibility index (Phi) is 8.90. The number of esters is 4. The van der Waals surface area contributed by atoms with E-state index in [1.165, 1.54) is 0 Å². The van der Waals surface area contributed by atoms with Crippen LogP contribution in [0.1, 0.15) is 108 Å². The normalized spacial score (nSPS) is 44.5. The number of rotatable bonds is 5. The summed E-state index contributed by atoms with van der Waals surface area (Å²) in [7, 11) is 0. The highest BCUT2D eigenvalue weighted by molar-refractivity contribution is 5.97. The van der Waals surface area contributed by atoms with Crippen LogP contribution in [0.3, 0.4) is 0 Å². The van der Waals surface area contributed by atoms with Gasteiger partial charge in [-0.2, -0.15) is 0 Å². The number of hydrogen-bond acceptors (Lipinski definition) is 10. The number of allylic oxidation sites excluding steroid dienone is 2. The van der Waals surface area contributed by atoms with Gasteiger partial charge >= 0.3 is 23.9 Å². The molecule has 4 aliphatic carbocycles. The van der Waals surface area contributed by atoms with Crippen LogP contribution in [-0.4, -0.2) is 69.7 Å². The molecule has 12 atom stereocenters. The molecule has 2 aliphatic heterocycles. The molecule has 0 aromatic heterocycles. The summed E-state index contributed by atoms with van der Waals surface area (Å²) in [6.45, 7) is 18.1. The van der Waals surface area contributed by atoms with E-state index in [-0.39, 0.29) is 47.7 Å². The molecule has 0 aromatic rings. The van der Waals surface area contributed by atoms with E-state index in [1.54, 1.807) is 53.7 Å². The average molecular weight is 695 g/mol. The van der Waals surface area contributed by atoms with Crippen LogP contribution in [0.15, 0.2) is 45.6 Å². The number of hydrogen-bond donors (Lipinski definition) is 2. The van der Waals surface area contributed by atoms with Crippen LogP contribution < -0.4 is 0 Å². The van der Waals surface area contributed by atoms with E-state index in [9.17, 15) is 29.4 Å². The molecule has 0 spiro atoms. The summed E-state index contributed by atoms with van der Waals surface area (Å²) in [5.41, 5.74) is -2.52. The molecule has 0 amide bonds. The Balaban J connectivity index is 1.64. The second kappa shape index (κ2) is 12.2. The second-order valence-electron chi connectivity index (χ2n) is 16.4. The van der Waals surface area contributed by atoms with E-state index in [0.29, 0.717) is 48.0 Å². The monoisotopic (exact) mass is 694 g/mol. The largest absolute Gasteiger partial charge is 0.454 e. The highest BCUT2D eigenvalue weighted by atomic mass is 16.6. The summed E-state index contributed by atoms with van der Waals surface area (Å²) >= 11 is 0. The van der Waals surface area contributed by atoms with Crippen molar-refractivity contribution in [1.29, 1.82) is 0 Å². The smallest absolute Gasteiger partial charge is 0.335 e. The first-order valence-corrected chi connectivity index (χ1v) is 18.3. The number of fused-ring (bicyclic) bond motifs is 5. The van der Waals surface area contributed by atoms with Crippen LogP contribution in [0.4, 0.5) is 0 Å². The maximum absolute atomic E-state index is 14.1. The zero-order valence-corrected chi connectivity index (χ0v) is 31.2. The molecule has 2 N–H and O–H groups in total. The summed E-state index contributed by atoms with van der Waals surface area (Å²) in [5, 5.41) is 22.5. The fourth-order valence-corrected chi connectivity index (χ4v) is 10.8. The summed E-state index contributed by atoms with van der Waals surface area (Å²) < 4.78 is 26.3. The molecule has 6 aliphatic rings. The third-order valence-electron chi connectivity index (χ3n) is 14.7. The van der Waals surface area contributed by atoms with Crippen molar-refractivity contribution in [2.24, 2.45) is 34.5 Å².